The van der Waals surface area contributed by atoms with E-state index in [4.69, 9.17) is 4.74 Å². The molecule has 0 spiro atoms. The Kier molecular flexibility index (Phi) is 6.13. The third-order valence-corrected chi connectivity index (χ3v) is 5.78. The van der Waals surface area contributed by atoms with E-state index in [1.807, 2.05) is 42.2 Å². The smallest absolute Gasteiger partial charge is 0.302 e. The summed E-state index contributed by atoms with van der Waals surface area (Å²) in [5.74, 6) is 0.00487. The molecule has 0 aliphatic carbocycles. The average molecular weight is 441 g/mol. The van der Waals surface area contributed by atoms with Gasteiger partial charge in [-0.1, -0.05) is 43.0 Å². The SMILES string of the molecule is CC1CCCCN1C(=O)Cn1ccn2c(=O)c(OCc3ccccc3)c(C(=O)S)nc12. The number of carbonyl (C=O) groups is 2. The van der Waals surface area contributed by atoms with Crippen LogP contribution in [0.5, 0.6) is 5.75 Å². The van der Waals surface area contributed by atoms with Crippen LogP contribution in [0, 0.1) is 0 Å². The fourth-order valence-electron chi connectivity index (χ4n) is 3.89. The van der Waals surface area contributed by atoms with Gasteiger partial charge in [0.2, 0.25) is 22.5 Å². The Morgan fingerprint density at radius 3 is 2.68 bits per heavy atom. The van der Waals surface area contributed by atoms with E-state index in [1.54, 1.807) is 10.8 Å². The molecule has 9 heteroatoms. The van der Waals surface area contributed by atoms with Crippen molar-refractivity contribution in [3.05, 3.63) is 64.3 Å². The van der Waals surface area contributed by atoms with Crippen molar-refractivity contribution >= 4 is 29.4 Å². The molecule has 1 aliphatic heterocycles. The number of aromatic nitrogens is 3. The third kappa shape index (κ3) is 4.36. The molecular formula is C22H24N4O4S. The first-order valence-electron chi connectivity index (χ1n) is 10.3. The Morgan fingerprint density at radius 2 is 1.97 bits per heavy atom. The molecule has 1 unspecified atom stereocenters. The summed E-state index contributed by atoms with van der Waals surface area (Å²) >= 11 is 3.88. The number of piperidine rings is 1. The molecule has 0 bridgehead atoms. The minimum absolute atomic E-state index is 0.0392. The first-order chi connectivity index (χ1) is 15.0. The van der Waals surface area contributed by atoms with Crippen LogP contribution in [0.4, 0.5) is 0 Å². The molecule has 162 valence electrons. The van der Waals surface area contributed by atoms with Crippen molar-refractivity contribution in [2.75, 3.05) is 6.54 Å². The summed E-state index contributed by atoms with van der Waals surface area (Å²) in [4.78, 5) is 44.2. The number of hydrogen-bond donors (Lipinski definition) is 1. The minimum atomic E-state index is -0.675. The van der Waals surface area contributed by atoms with Crippen LogP contribution < -0.4 is 10.3 Å². The molecule has 1 aromatic carbocycles. The van der Waals surface area contributed by atoms with Crippen LogP contribution in [0.3, 0.4) is 0 Å². The summed E-state index contributed by atoms with van der Waals surface area (Å²) in [5.41, 5.74) is 0.169. The number of amides is 1. The summed E-state index contributed by atoms with van der Waals surface area (Å²) in [6.45, 7) is 2.92. The van der Waals surface area contributed by atoms with Crippen molar-refractivity contribution in [2.45, 2.75) is 45.4 Å². The number of imidazole rings is 1. The number of rotatable bonds is 6. The summed E-state index contributed by atoms with van der Waals surface area (Å²) in [5, 5.41) is -0.675. The van der Waals surface area contributed by atoms with Gasteiger partial charge in [-0.05, 0) is 31.7 Å². The summed E-state index contributed by atoms with van der Waals surface area (Å²) in [7, 11) is 0. The van der Waals surface area contributed by atoms with Gasteiger partial charge in [-0.2, -0.15) is 0 Å². The predicted molar refractivity (Wildman–Crippen MR) is 119 cm³/mol. The van der Waals surface area contributed by atoms with Gasteiger partial charge in [0.1, 0.15) is 13.2 Å². The summed E-state index contributed by atoms with van der Waals surface area (Å²) in [6.07, 6.45) is 6.23. The van der Waals surface area contributed by atoms with Crippen LogP contribution in [0.15, 0.2) is 47.5 Å². The quantitative estimate of drug-likeness (QED) is 0.596. The Hall–Kier alpha value is -3.07. The molecule has 1 aliphatic rings. The van der Waals surface area contributed by atoms with Crippen LogP contribution in [0.1, 0.15) is 42.2 Å². The highest BCUT2D eigenvalue weighted by Crippen LogP contribution is 2.19. The second-order valence-electron chi connectivity index (χ2n) is 7.70. The zero-order valence-corrected chi connectivity index (χ0v) is 18.1. The zero-order valence-electron chi connectivity index (χ0n) is 17.2. The molecule has 0 radical (unpaired) electrons. The highest BCUT2D eigenvalue weighted by atomic mass is 32.1. The van der Waals surface area contributed by atoms with Crippen molar-refractivity contribution in [2.24, 2.45) is 0 Å². The van der Waals surface area contributed by atoms with Gasteiger partial charge >= 0.3 is 5.56 Å². The van der Waals surface area contributed by atoms with Gasteiger partial charge < -0.3 is 14.2 Å². The second kappa shape index (κ2) is 8.97. The number of benzene rings is 1. The maximum Gasteiger partial charge on any atom is 0.302 e. The first-order valence-corrected chi connectivity index (χ1v) is 10.7. The van der Waals surface area contributed by atoms with Crippen molar-refractivity contribution in [1.29, 1.82) is 0 Å². The molecule has 0 saturated carbocycles. The molecule has 2 aromatic heterocycles. The van der Waals surface area contributed by atoms with E-state index >= 15 is 0 Å². The predicted octanol–water partition coefficient (Wildman–Crippen LogP) is 2.55. The molecule has 4 rings (SSSR count). The van der Waals surface area contributed by atoms with Gasteiger partial charge in [0, 0.05) is 25.0 Å². The van der Waals surface area contributed by atoms with E-state index in [2.05, 4.69) is 17.6 Å². The zero-order chi connectivity index (χ0) is 22.0. The van der Waals surface area contributed by atoms with Gasteiger partial charge in [-0.25, -0.2) is 9.38 Å². The number of ether oxygens (including phenoxy) is 1. The maximum absolute atomic E-state index is 13.0. The van der Waals surface area contributed by atoms with Gasteiger partial charge in [0.15, 0.2) is 5.69 Å². The number of likely N-dealkylation sites (tertiary alicyclic amines) is 1. The van der Waals surface area contributed by atoms with Crippen molar-refractivity contribution < 1.29 is 14.3 Å². The van der Waals surface area contributed by atoms with E-state index in [-0.39, 0.29) is 42.3 Å². The Balaban J connectivity index is 1.65. The van der Waals surface area contributed by atoms with E-state index < -0.39 is 10.7 Å². The van der Waals surface area contributed by atoms with E-state index in [0.29, 0.717) is 0 Å². The second-order valence-corrected chi connectivity index (χ2v) is 8.11. The van der Waals surface area contributed by atoms with Crippen LogP contribution in [-0.2, 0) is 17.9 Å². The lowest BCUT2D eigenvalue weighted by Gasteiger charge is -2.33. The summed E-state index contributed by atoms with van der Waals surface area (Å²) in [6, 6.07) is 9.50. The number of thiol groups is 1. The van der Waals surface area contributed by atoms with E-state index in [9.17, 15) is 14.4 Å². The molecular weight excluding hydrogens is 416 g/mol. The van der Waals surface area contributed by atoms with Crippen molar-refractivity contribution in [1.82, 2.24) is 18.9 Å². The number of carbonyl (C=O) groups excluding carboxylic acids is 2. The lowest BCUT2D eigenvalue weighted by atomic mass is 10.0. The topological polar surface area (TPSA) is 85.9 Å². The molecule has 3 heterocycles. The normalized spacial score (nSPS) is 16.5. The highest BCUT2D eigenvalue weighted by Gasteiger charge is 2.25. The van der Waals surface area contributed by atoms with Gasteiger partial charge in [-0.15, -0.1) is 0 Å². The minimum Gasteiger partial charge on any atom is -0.481 e. The fraction of sp³-hybridized carbons (Fsp3) is 0.364. The lowest BCUT2D eigenvalue weighted by molar-refractivity contribution is -0.135. The Morgan fingerprint density at radius 1 is 1.19 bits per heavy atom. The van der Waals surface area contributed by atoms with Gasteiger partial charge in [-0.3, -0.25) is 14.4 Å². The molecule has 31 heavy (non-hydrogen) atoms. The van der Waals surface area contributed by atoms with Gasteiger partial charge in [0.25, 0.3) is 0 Å². The molecule has 1 saturated heterocycles. The third-order valence-electron chi connectivity index (χ3n) is 5.57. The average Bonchev–Trinajstić information content (AvgIpc) is 3.16. The molecule has 8 nitrogen and oxygen atoms in total. The monoisotopic (exact) mass is 440 g/mol. The number of hydrogen-bond acceptors (Lipinski definition) is 5. The Labute approximate surface area is 184 Å². The number of nitrogens with zero attached hydrogens (tertiary/aromatic N) is 4. The largest absolute Gasteiger partial charge is 0.481 e. The van der Waals surface area contributed by atoms with Gasteiger partial charge in [0.05, 0.1) is 0 Å². The molecule has 1 amide bonds. The highest BCUT2D eigenvalue weighted by molar-refractivity contribution is 7.97. The van der Waals surface area contributed by atoms with Crippen LogP contribution >= 0.6 is 12.6 Å². The van der Waals surface area contributed by atoms with Crippen molar-refractivity contribution in [3.8, 4) is 5.75 Å². The van der Waals surface area contributed by atoms with Crippen LogP contribution in [0.2, 0.25) is 0 Å². The van der Waals surface area contributed by atoms with E-state index in [0.717, 1.165) is 31.4 Å². The van der Waals surface area contributed by atoms with E-state index in [1.165, 1.54) is 10.6 Å². The standard InChI is InChI=1S/C22H24N4O4S/c1-15-7-5-6-10-25(15)17(27)13-24-11-12-26-20(28)19(18(21(29)31)23-22(24)26)30-14-16-8-3-2-4-9-16/h2-4,8-9,11-12,15H,5-7,10,13-14H2,1H3,(H,29,31). The lowest BCUT2D eigenvalue weighted by Crippen LogP contribution is -2.43. The molecule has 3 aromatic rings. The first kappa shape index (κ1) is 21.2. The maximum atomic E-state index is 13.0. The number of fused-ring (bicyclic) bond motifs is 1. The fourth-order valence-corrected chi connectivity index (χ4v) is 4.04. The molecule has 0 N–H and O–H groups in total. The van der Waals surface area contributed by atoms with Crippen LogP contribution in [0.25, 0.3) is 5.78 Å². The molecule has 1 fully saturated rings. The van der Waals surface area contributed by atoms with Crippen LogP contribution in [-0.4, -0.2) is 42.5 Å². The summed E-state index contributed by atoms with van der Waals surface area (Å²) < 4.78 is 8.53. The molecule has 1 atom stereocenters. The van der Waals surface area contributed by atoms with Crippen molar-refractivity contribution in [3.63, 3.8) is 0 Å². The Bertz CT molecular complexity index is 1170.